The number of rotatable bonds is 16. The summed E-state index contributed by atoms with van der Waals surface area (Å²) in [4.78, 5) is 24.0. The van der Waals surface area contributed by atoms with E-state index in [1.54, 1.807) is 0 Å². The molecule has 8 nitrogen and oxygen atoms in total. The van der Waals surface area contributed by atoms with Crippen LogP contribution in [-0.2, 0) is 9.47 Å². The minimum Gasteiger partial charge on any atom is -0.492 e. The lowest BCUT2D eigenvalue weighted by atomic mass is 9.86. The number of nitrogens with one attached hydrogen (secondary N) is 2. The fourth-order valence-corrected chi connectivity index (χ4v) is 5.60. The molecule has 2 amide bonds. The number of carbonyl (C=O) groups excluding carboxylic acids is 2. The Bertz CT molecular complexity index is 1700. The summed E-state index contributed by atoms with van der Waals surface area (Å²) >= 11 is 0. The lowest BCUT2D eigenvalue weighted by Gasteiger charge is -2.19. The SMILES string of the molecule is CCCCOC(=O)NCCOc1cc(OCCNC(=O)OCCCC)cc(-c2c3ccccc3c(-c3ccccc3)c3ccccc23)c1. The third-order valence-corrected chi connectivity index (χ3v) is 7.91. The van der Waals surface area contributed by atoms with Crippen LogP contribution in [0, 0.1) is 0 Å². The van der Waals surface area contributed by atoms with E-state index in [2.05, 4.69) is 83.4 Å². The Morgan fingerprint density at radius 1 is 0.521 bits per heavy atom. The molecule has 250 valence electrons. The van der Waals surface area contributed by atoms with E-state index in [1.807, 2.05) is 38.1 Å². The van der Waals surface area contributed by atoms with E-state index in [0.717, 1.165) is 63.9 Å². The highest BCUT2D eigenvalue weighted by Gasteiger charge is 2.18. The lowest BCUT2D eigenvalue weighted by molar-refractivity contribution is 0.142. The summed E-state index contributed by atoms with van der Waals surface area (Å²) in [5, 5.41) is 9.98. The molecule has 0 unspecified atom stereocenters. The molecule has 0 radical (unpaired) electrons. The Morgan fingerprint density at radius 3 is 1.38 bits per heavy atom. The summed E-state index contributed by atoms with van der Waals surface area (Å²) in [5.41, 5.74) is 4.32. The fourth-order valence-electron chi connectivity index (χ4n) is 5.60. The van der Waals surface area contributed by atoms with E-state index in [9.17, 15) is 9.59 Å². The number of ether oxygens (including phenoxy) is 4. The monoisotopic (exact) mass is 648 g/mol. The maximum atomic E-state index is 12.0. The second-order valence-electron chi connectivity index (χ2n) is 11.4. The first kappa shape index (κ1) is 34.1. The van der Waals surface area contributed by atoms with Gasteiger partial charge in [0.15, 0.2) is 0 Å². The molecule has 5 aromatic rings. The number of alkyl carbamates (subject to hydrolysis) is 2. The van der Waals surface area contributed by atoms with Gasteiger partial charge in [-0.15, -0.1) is 0 Å². The van der Waals surface area contributed by atoms with Crippen molar-refractivity contribution in [3.05, 3.63) is 97.1 Å². The number of unbranched alkanes of at least 4 members (excludes halogenated alkanes) is 2. The van der Waals surface area contributed by atoms with Crippen molar-refractivity contribution in [2.75, 3.05) is 39.5 Å². The van der Waals surface area contributed by atoms with Gasteiger partial charge in [0.25, 0.3) is 0 Å². The maximum Gasteiger partial charge on any atom is 0.407 e. The van der Waals surface area contributed by atoms with Gasteiger partial charge >= 0.3 is 12.2 Å². The van der Waals surface area contributed by atoms with Crippen LogP contribution in [0.15, 0.2) is 97.1 Å². The quantitative estimate of drug-likeness (QED) is 0.0819. The highest BCUT2D eigenvalue weighted by atomic mass is 16.6. The molecule has 2 N–H and O–H groups in total. The number of carbonyl (C=O) groups is 2. The van der Waals surface area contributed by atoms with Gasteiger partial charge in [0.05, 0.1) is 26.3 Å². The van der Waals surface area contributed by atoms with E-state index in [0.29, 0.717) is 24.7 Å². The summed E-state index contributed by atoms with van der Waals surface area (Å²) in [6, 6.07) is 33.2. The van der Waals surface area contributed by atoms with Crippen molar-refractivity contribution in [1.82, 2.24) is 10.6 Å². The molecule has 0 heterocycles. The van der Waals surface area contributed by atoms with E-state index < -0.39 is 12.2 Å². The van der Waals surface area contributed by atoms with Gasteiger partial charge in [0.2, 0.25) is 0 Å². The van der Waals surface area contributed by atoms with Gasteiger partial charge in [0, 0.05) is 6.07 Å². The van der Waals surface area contributed by atoms with E-state index in [4.69, 9.17) is 18.9 Å². The molecule has 0 saturated heterocycles. The molecule has 5 rings (SSSR count). The third kappa shape index (κ3) is 8.97. The van der Waals surface area contributed by atoms with Crippen LogP contribution in [0.25, 0.3) is 43.8 Å². The normalized spacial score (nSPS) is 10.9. The molecule has 0 aliphatic heterocycles. The zero-order valence-electron chi connectivity index (χ0n) is 27.8. The topological polar surface area (TPSA) is 95.1 Å². The Morgan fingerprint density at radius 2 is 0.938 bits per heavy atom. The molecule has 0 spiro atoms. The molecule has 0 atom stereocenters. The minimum atomic E-state index is -0.456. The summed E-state index contributed by atoms with van der Waals surface area (Å²) < 4.78 is 22.7. The van der Waals surface area contributed by atoms with Crippen LogP contribution in [0.2, 0.25) is 0 Å². The van der Waals surface area contributed by atoms with Gasteiger partial charge in [-0.2, -0.15) is 0 Å². The zero-order chi connectivity index (χ0) is 33.6. The average Bonchev–Trinajstić information content (AvgIpc) is 3.11. The Hall–Kier alpha value is -5.24. The minimum absolute atomic E-state index is 0.241. The van der Waals surface area contributed by atoms with Crippen molar-refractivity contribution in [2.24, 2.45) is 0 Å². The smallest absolute Gasteiger partial charge is 0.407 e. The molecule has 0 fully saturated rings. The number of fused-ring (bicyclic) bond motifs is 2. The second-order valence-corrected chi connectivity index (χ2v) is 11.4. The third-order valence-electron chi connectivity index (χ3n) is 7.91. The second kappa shape index (κ2) is 17.6. The standard InChI is InChI=1S/C40H44N2O6/c1-3-5-22-47-39(43)41-20-24-45-31-26-30(27-32(28-31)46-25-21-42-40(44)48-23-6-4-2)38-35-18-12-10-16-33(35)37(29-14-8-7-9-15-29)34-17-11-13-19-36(34)38/h7-19,26-28H,3-6,20-25H2,1-2H3,(H,41,43)(H,42,44). The van der Waals surface area contributed by atoms with Crippen molar-refractivity contribution in [3.63, 3.8) is 0 Å². The first-order valence-corrected chi connectivity index (χ1v) is 16.8. The molecule has 0 aliphatic carbocycles. The molecule has 0 aliphatic rings. The molecule has 0 aromatic heterocycles. The predicted molar refractivity (Wildman–Crippen MR) is 192 cm³/mol. The van der Waals surface area contributed by atoms with Crippen molar-refractivity contribution in [3.8, 4) is 33.8 Å². The van der Waals surface area contributed by atoms with Crippen LogP contribution < -0.4 is 20.1 Å². The molecule has 48 heavy (non-hydrogen) atoms. The molecule has 5 aromatic carbocycles. The van der Waals surface area contributed by atoms with E-state index in [-0.39, 0.29) is 26.3 Å². The van der Waals surface area contributed by atoms with Crippen molar-refractivity contribution in [1.29, 1.82) is 0 Å². The van der Waals surface area contributed by atoms with Crippen LogP contribution in [0.3, 0.4) is 0 Å². The highest BCUT2D eigenvalue weighted by Crippen LogP contribution is 2.44. The first-order chi connectivity index (χ1) is 23.6. The fraction of sp³-hybridized carbons (Fsp3) is 0.300. The predicted octanol–water partition coefficient (Wildman–Crippen LogP) is 9.14. The molecule has 0 bridgehead atoms. The van der Waals surface area contributed by atoms with Gasteiger partial charge in [-0.3, -0.25) is 0 Å². The van der Waals surface area contributed by atoms with Crippen LogP contribution in [-0.4, -0.2) is 51.7 Å². The average molecular weight is 649 g/mol. The largest absolute Gasteiger partial charge is 0.492 e. The van der Waals surface area contributed by atoms with Gasteiger partial charge in [-0.25, -0.2) is 9.59 Å². The highest BCUT2D eigenvalue weighted by molar-refractivity contribution is 6.21. The van der Waals surface area contributed by atoms with E-state index in [1.165, 1.54) is 5.56 Å². The van der Waals surface area contributed by atoms with E-state index >= 15 is 0 Å². The summed E-state index contributed by atoms with van der Waals surface area (Å²) in [6.45, 7) is 5.93. The van der Waals surface area contributed by atoms with Crippen molar-refractivity contribution in [2.45, 2.75) is 39.5 Å². The Kier molecular flexibility index (Phi) is 12.5. The summed E-state index contributed by atoms with van der Waals surface area (Å²) in [7, 11) is 0. The number of amides is 2. The number of hydrogen-bond donors (Lipinski definition) is 2. The van der Waals surface area contributed by atoms with Gasteiger partial charge in [-0.05, 0) is 68.8 Å². The van der Waals surface area contributed by atoms with Crippen LogP contribution >= 0.6 is 0 Å². The number of hydrogen-bond acceptors (Lipinski definition) is 6. The first-order valence-electron chi connectivity index (χ1n) is 16.8. The number of benzene rings is 5. The van der Waals surface area contributed by atoms with Crippen molar-refractivity contribution >= 4 is 33.7 Å². The molecule has 8 heteroatoms. The van der Waals surface area contributed by atoms with Crippen LogP contribution in [0.5, 0.6) is 11.5 Å². The van der Waals surface area contributed by atoms with Gasteiger partial charge in [-0.1, -0.05) is 106 Å². The van der Waals surface area contributed by atoms with Crippen LogP contribution in [0.4, 0.5) is 9.59 Å². The lowest BCUT2D eigenvalue weighted by Crippen LogP contribution is -2.29. The molecular formula is C40H44N2O6. The van der Waals surface area contributed by atoms with Crippen molar-refractivity contribution < 1.29 is 28.5 Å². The maximum absolute atomic E-state index is 12.0. The van der Waals surface area contributed by atoms with Crippen LogP contribution in [0.1, 0.15) is 39.5 Å². The summed E-state index contributed by atoms with van der Waals surface area (Å²) in [5.74, 6) is 1.19. The summed E-state index contributed by atoms with van der Waals surface area (Å²) in [6.07, 6.45) is 2.64. The zero-order valence-corrected chi connectivity index (χ0v) is 27.8. The van der Waals surface area contributed by atoms with Gasteiger partial charge < -0.3 is 29.6 Å². The Labute approximate surface area is 282 Å². The molecule has 0 saturated carbocycles. The Balaban J connectivity index is 1.46. The molecular weight excluding hydrogens is 604 g/mol. The van der Waals surface area contributed by atoms with Gasteiger partial charge in [0.1, 0.15) is 24.7 Å².